The maximum atomic E-state index is 9.28. The fourth-order valence-corrected chi connectivity index (χ4v) is 2.65. The van der Waals surface area contributed by atoms with Crippen LogP contribution in [0, 0.1) is 0 Å². The quantitative estimate of drug-likeness (QED) is 0.483. The molecular weight excluding hydrogens is 252 g/mol. The van der Waals surface area contributed by atoms with Crippen LogP contribution in [0.4, 0.5) is 0 Å². The minimum Gasteiger partial charge on any atom is -0.394 e. The second-order valence-corrected chi connectivity index (χ2v) is 6.16. The molecule has 0 radical (unpaired) electrons. The van der Waals surface area contributed by atoms with E-state index in [0.717, 1.165) is 12.8 Å². The van der Waals surface area contributed by atoms with E-state index in [4.69, 9.17) is 9.47 Å². The summed E-state index contributed by atoms with van der Waals surface area (Å²) in [6.45, 7) is 6.07. The molecule has 1 aliphatic heterocycles. The first kappa shape index (κ1) is 17.7. The number of rotatable bonds is 10. The molecule has 20 heavy (non-hydrogen) atoms. The van der Waals surface area contributed by atoms with Crippen LogP contribution in [0.3, 0.4) is 0 Å². The fourth-order valence-electron chi connectivity index (χ4n) is 2.65. The topological polar surface area (TPSA) is 38.7 Å². The summed E-state index contributed by atoms with van der Waals surface area (Å²) in [6.07, 6.45) is 14.2. The molecule has 0 aromatic rings. The normalized spacial score (nSPS) is 25.6. The zero-order valence-electron chi connectivity index (χ0n) is 13.4. The molecule has 0 amide bonds. The Morgan fingerprint density at radius 2 is 1.60 bits per heavy atom. The molecule has 118 valence electrons. The minimum atomic E-state index is -0.564. The van der Waals surface area contributed by atoms with Crippen molar-refractivity contribution in [3.63, 3.8) is 0 Å². The largest absolute Gasteiger partial charge is 0.394 e. The number of aliphatic hydroxyl groups excluding tert-OH is 1. The summed E-state index contributed by atoms with van der Waals surface area (Å²) in [5.41, 5.74) is 0. The Labute approximate surface area is 124 Å². The van der Waals surface area contributed by atoms with E-state index in [1.807, 2.05) is 13.8 Å². The van der Waals surface area contributed by atoms with Crippen LogP contribution in [-0.2, 0) is 9.47 Å². The fraction of sp³-hybridized carbons (Fsp3) is 0.882. The van der Waals surface area contributed by atoms with Gasteiger partial charge in [-0.3, -0.25) is 0 Å². The van der Waals surface area contributed by atoms with Crippen LogP contribution in [0.1, 0.15) is 72.1 Å². The zero-order valence-corrected chi connectivity index (χ0v) is 13.4. The van der Waals surface area contributed by atoms with Crippen LogP contribution < -0.4 is 0 Å². The molecule has 3 nitrogen and oxygen atoms in total. The van der Waals surface area contributed by atoms with Gasteiger partial charge in [0.05, 0.1) is 12.7 Å². The Morgan fingerprint density at radius 3 is 2.30 bits per heavy atom. The summed E-state index contributed by atoms with van der Waals surface area (Å²) < 4.78 is 11.4. The number of unbranched alkanes of at least 4 members (excludes halogenated alkanes) is 6. The highest BCUT2D eigenvalue weighted by Gasteiger charge is 2.39. The summed E-state index contributed by atoms with van der Waals surface area (Å²) in [6, 6.07) is 0. The Kier molecular flexibility index (Phi) is 8.43. The van der Waals surface area contributed by atoms with E-state index < -0.39 is 5.79 Å². The summed E-state index contributed by atoms with van der Waals surface area (Å²) in [5.74, 6) is -0.564. The highest BCUT2D eigenvalue weighted by atomic mass is 16.8. The van der Waals surface area contributed by atoms with Crippen molar-refractivity contribution in [3.05, 3.63) is 12.2 Å². The minimum absolute atomic E-state index is 0.0178. The molecule has 0 aromatic carbocycles. The maximum absolute atomic E-state index is 9.28. The predicted octanol–water partition coefficient (Wildman–Crippen LogP) is 4.20. The van der Waals surface area contributed by atoms with Crippen molar-refractivity contribution in [1.29, 1.82) is 0 Å². The van der Waals surface area contributed by atoms with Crippen LogP contribution >= 0.6 is 0 Å². The molecule has 1 rings (SSSR count). The number of aliphatic hydroxyl groups is 1. The van der Waals surface area contributed by atoms with Crippen molar-refractivity contribution >= 4 is 0 Å². The first-order chi connectivity index (χ1) is 9.59. The van der Waals surface area contributed by atoms with Crippen molar-refractivity contribution in [2.45, 2.75) is 90.1 Å². The van der Waals surface area contributed by atoms with Gasteiger partial charge in [-0.15, -0.1) is 0 Å². The molecule has 1 saturated heterocycles. The molecule has 1 aliphatic rings. The molecule has 2 atom stereocenters. The van der Waals surface area contributed by atoms with Gasteiger partial charge in [-0.25, -0.2) is 0 Å². The van der Waals surface area contributed by atoms with Crippen LogP contribution in [0.5, 0.6) is 0 Å². The van der Waals surface area contributed by atoms with Gasteiger partial charge in [-0.1, -0.05) is 51.2 Å². The van der Waals surface area contributed by atoms with Gasteiger partial charge >= 0.3 is 0 Å². The standard InChI is InChI=1S/C17H32O3/c1-4-5-6-7-8-9-10-11-12-13-15-16(14-18)20-17(2,3)19-15/h11-12,15-16,18H,4-10,13-14H2,1-3H3/b12-11+/t15-,16+/m0/s1. The third-order valence-corrected chi connectivity index (χ3v) is 3.72. The molecule has 3 heteroatoms. The highest BCUT2D eigenvalue weighted by Crippen LogP contribution is 2.29. The Hall–Kier alpha value is -0.380. The molecule has 1 fully saturated rings. The van der Waals surface area contributed by atoms with E-state index in [1.54, 1.807) is 0 Å². The van der Waals surface area contributed by atoms with E-state index in [2.05, 4.69) is 19.1 Å². The summed E-state index contributed by atoms with van der Waals surface area (Å²) >= 11 is 0. The van der Waals surface area contributed by atoms with Crippen molar-refractivity contribution in [2.75, 3.05) is 6.61 Å². The molecule has 0 unspecified atom stereocenters. The lowest BCUT2D eigenvalue weighted by molar-refractivity contribution is -0.148. The zero-order chi connectivity index (χ0) is 14.8. The second kappa shape index (κ2) is 9.54. The van der Waals surface area contributed by atoms with Crippen LogP contribution in [0.2, 0.25) is 0 Å². The smallest absolute Gasteiger partial charge is 0.163 e. The molecule has 0 saturated carbocycles. The van der Waals surface area contributed by atoms with Gasteiger partial charge in [0.25, 0.3) is 0 Å². The molecule has 1 N–H and O–H groups in total. The van der Waals surface area contributed by atoms with Crippen LogP contribution in [-0.4, -0.2) is 29.7 Å². The van der Waals surface area contributed by atoms with E-state index in [1.165, 1.54) is 38.5 Å². The Bertz CT molecular complexity index is 273. The van der Waals surface area contributed by atoms with Gasteiger partial charge in [0.15, 0.2) is 5.79 Å². The lowest BCUT2D eigenvalue weighted by Crippen LogP contribution is -2.25. The predicted molar refractivity (Wildman–Crippen MR) is 82.7 cm³/mol. The van der Waals surface area contributed by atoms with E-state index in [-0.39, 0.29) is 18.8 Å². The van der Waals surface area contributed by atoms with Crippen molar-refractivity contribution in [3.8, 4) is 0 Å². The Morgan fingerprint density at radius 1 is 0.950 bits per heavy atom. The Balaban J connectivity index is 2.09. The number of allylic oxidation sites excluding steroid dienone is 1. The summed E-state index contributed by atoms with van der Waals surface area (Å²) in [7, 11) is 0. The first-order valence-electron chi connectivity index (χ1n) is 8.20. The van der Waals surface area contributed by atoms with Gasteiger partial charge in [0, 0.05) is 0 Å². The molecule has 1 heterocycles. The first-order valence-corrected chi connectivity index (χ1v) is 8.20. The summed E-state index contributed by atoms with van der Waals surface area (Å²) in [4.78, 5) is 0. The van der Waals surface area contributed by atoms with Crippen LogP contribution in [0.25, 0.3) is 0 Å². The number of hydrogen-bond acceptors (Lipinski definition) is 3. The van der Waals surface area contributed by atoms with E-state index >= 15 is 0 Å². The summed E-state index contributed by atoms with van der Waals surface area (Å²) in [5, 5.41) is 9.28. The lowest BCUT2D eigenvalue weighted by Gasteiger charge is -2.16. The van der Waals surface area contributed by atoms with E-state index in [9.17, 15) is 5.11 Å². The lowest BCUT2D eigenvalue weighted by atomic mass is 10.1. The second-order valence-electron chi connectivity index (χ2n) is 6.16. The molecule has 0 bridgehead atoms. The average molecular weight is 284 g/mol. The van der Waals surface area contributed by atoms with Crippen molar-refractivity contribution in [1.82, 2.24) is 0 Å². The monoisotopic (exact) mass is 284 g/mol. The van der Waals surface area contributed by atoms with E-state index in [0.29, 0.717) is 0 Å². The number of hydrogen-bond donors (Lipinski definition) is 1. The van der Waals surface area contributed by atoms with Crippen molar-refractivity contribution in [2.24, 2.45) is 0 Å². The maximum Gasteiger partial charge on any atom is 0.163 e. The molecule has 0 aromatic heterocycles. The SMILES string of the molecule is CCCCCCCC/C=C/C[C@@H]1OC(C)(C)O[C@@H]1CO. The van der Waals surface area contributed by atoms with Gasteiger partial charge in [0.1, 0.15) is 6.10 Å². The van der Waals surface area contributed by atoms with Gasteiger partial charge < -0.3 is 14.6 Å². The highest BCUT2D eigenvalue weighted by molar-refractivity contribution is 4.90. The third kappa shape index (κ3) is 6.87. The molecular formula is C17H32O3. The average Bonchev–Trinajstić information content (AvgIpc) is 2.71. The van der Waals surface area contributed by atoms with Crippen LogP contribution in [0.15, 0.2) is 12.2 Å². The third-order valence-electron chi connectivity index (χ3n) is 3.72. The van der Waals surface area contributed by atoms with Gasteiger partial charge in [-0.2, -0.15) is 0 Å². The number of ether oxygens (including phenoxy) is 2. The molecule has 0 spiro atoms. The van der Waals surface area contributed by atoms with Gasteiger partial charge in [0.2, 0.25) is 0 Å². The van der Waals surface area contributed by atoms with Crippen molar-refractivity contribution < 1.29 is 14.6 Å². The van der Waals surface area contributed by atoms with Gasteiger partial charge in [-0.05, 0) is 33.1 Å². The molecule has 0 aliphatic carbocycles.